The molecule has 2 aromatic rings. The Labute approximate surface area is 197 Å². The Bertz CT molecular complexity index is 981. The van der Waals surface area contributed by atoms with Gasteiger partial charge >= 0.3 is 12.1 Å². The molecular weight excluding hydrogens is 447 g/mol. The Morgan fingerprint density at radius 1 is 1.09 bits per heavy atom. The number of alkyl halides is 3. The van der Waals surface area contributed by atoms with Crippen molar-refractivity contribution in [3.8, 4) is 5.75 Å². The molecule has 5 nitrogen and oxygen atoms in total. The molecule has 0 radical (unpaired) electrons. The minimum atomic E-state index is -4.37. The lowest BCUT2D eigenvalue weighted by molar-refractivity contribution is -0.145. The molecule has 0 aromatic heterocycles. The summed E-state index contributed by atoms with van der Waals surface area (Å²) in [6.45, 7) is 3.84. The average Bonchev–Trinajstić information content (AvgIpc) is 3.31. The van der Waals surface area contributed by atoms with E-state index in [1.54, 1.807) is 13.0 Å². The van der Waals surface area contributed by atoms with Gasteiger partial charge in [0.05, 0.1) is 17.9 Å². The summed E-state index contributed by atoms with van der Waals surface area (Å²) >= 11 is 0. The van der Waals surface area contributed by atoms with Gasteiger partial charge in [0.15, 0.2) is 6.61 Å². The molecule has 0 heterocycles. The van der Waals surface area contributed by atoms with Crippen molar-refractivity contribution in [2.75, 3.05) is 13.2 Å². The van der Waals surface area contributed by atoms with Gasteiger partial charge in [-0.1, -0.05) is 43.0 Å². The molecule has 0 amide bonds. The molecule has 34 heavy (non-hydrogen) atoms. The fourth-order valence-electron chi connectivity index (χ4n) is 4.00. The lowest BCUT2D eigenvalue weighted by atomic mass is 9.95. The van der Waals surface area contributed by atoms with Crippen LogP contribution in [-0.2, 0) is 27.2 Å². The number of rotatable bonds is 10. The van der Waals surface area contributed by atoms with Crippen molar-refractivity contribution >= 4 is 11.7 Å². The zero-order chi connectivity index (χ0) is 24.6. The van der Waals surface area contributed by atoms with Gasteiger partial charge in [0.2, 0.25) is 0 Å². The second-order valence-electron chi connectivity index (χ2n) is 8.43. The van der Waals surface area contributed by atoms with Gasteiger partial charge < -0.3 is 14.3 Å². The Morgan fingerprint density at radius 3 is 2.41 bits per heavy atom. The fraction of sp³-hybridized carbons (Fsp3) is 0.462. The molecule has 0 bridgehead atoms. The number of oxime groups is 1. The van der Waals surface area contributed by atoms with Crippen LogP contribution in [0.5, 0.6) is 5.75 Å². The number of halogens is 3. The van der Waals surface area contributed by atoms with Gasteiger partial charge in [-0.2, -0.15) is 13.2 Å². The van der Waals surface area contributed by atoms with Crippen molar-refractivity contribution in [3.05, 3.63) is 64.7 Å². The lowest BCUT2D eigenvalue weighted by Crippen LogP contribution is -2.15. The van der Waals surface area contributed by atoms with E-state index in [9.17, 15) is 18.0 Å². The third-order valence-corrected chi connectivity index (χ3v) is 5.80. The maximum absolute atomic E-state index is 12.8. The van der Waals surface area contributed by atoms with Crippen LogP contribution in [0.15, 0.2) is 47.6 Å². The highest BCUT2D eigenvalue weighted by atomic mass is 19.4. The van der Waals surface area contributed by atoms with Gasteiger partial charge in [0, 0.05) is 0 Å². The van der Waals surface area contributed by atoms with Gasteiger partial charge in [-0.3, -0.25) is 0 Å². The van der Waals surface area contributed by atoms with E-state index in [1.807, 2.05) is 19.1 Å². The summed E-state index contributed by atoms with van der Waals surface area (Å²) in [6.07, 6.45) is 1.06. The number of nitrogens with zero attached hydrogens (tertiary/aromatic N) is 1. The molecule has 184 valence electrons. The molecule has 1 aliphatic rings. The third kappa shape index (κ3) is 7.50. The van der Waals surface area contributed by atoms with Crippen molar-refractivity contribution in [1.82, 2.24) is 0 Å². The minimum Gasteiger partial charge on any atom is -0.482 e. The second kappa shape index (κ2) is 11.9. The molecule has 0 spiro atoms. The lowest BCUT2D eigenvalue weighted by Gasteiger charge is -2.14. The molecule has 0 N–H and O–H groups in total. The second-order valence-corrected chi connectivity index (χ2v) is 8.43. The quantitative estimate of drug-likeness (QED) is 0.224. The van der Waals surface area contributed by atoms with Gasteiger partial charge in [-0.05, 0) is 73.2 Å². The SMILES string of the molecule is CCOC(=O)COc1ccc(C(CC2CCCC2)=NOCc2ccc(C(F)(F)F)cc2)cc1C. The Hall–Kier alpha value is -3.03. The van der Waals surface area contributed by atoms with E-state index in [2.05, 4.69) is 5.16 Å². The highest BCUT2D eigenvalue weighted by Crippen LogP contribution is 2.31. The highest BCUT2D eigenvalue weighted by molar-refractivity contribution is 6.00. The predicted octanol–water partition coefficient (Wildman–Crippen LogP) is 6.46. The number of esters is 1. The van der Waals surface area contributed by atoms with E-state index < -0.39 is 17.7 Å². The largest absolute Gasteiger partial charge is 0.482 e. The van der Waals surface area contributed by atoms with Gasteiger partial charge in [0.1, 0.15) is 12.4 Å². The number of aryl methyl sites for hydroxylation is 1. The topological polar surface area (TPSA) is 57.1 Å². The Kier molecular flexibility index (Phi) is 8.96. The number of ether oxygens (including phenoxy) is 2. The molecule has 0 atom stereocenters. The van der Waals surface area contributed by atoms with Crippen molar-refractivity contribution in [2.45, 2.75) is 58.7 Å². The number of carbonyl (C=O) groups excluding carboxylic acids is 1. The van der Waals surface area contributed by atoms with E-state index in [-0.39, 0.29) is 13.2 Å². The van der Waals surface area contributed by atoms with Crippen LogP contribution in [0.4, 0.5) is 13.2 Å². The summed E-state index contributed by atoms with van der Waals surface area (Å²) in [4.78, 5) is 17.1. The zero-order valence-corrected chi connectivity index (χ0v) is 19.5. The van der Waals surface area contributed by atoms with Crippen LogP contribution < -0.4 is 4.74 Å². The molecule has 8 heteroatoms. The molecule has 2 aromatic carbocycles. The maximum atomic E-state index is 12.8. The summed E-state index contributed by atoms with van der Waals surface area (Å²) in [7, 11) is 0. The third-order valence-electron chi connectivity index (χ3n) is 5.80. The molecular formula is C26H30F3NO4. The normalized spacial score (nSPS) is 14.8. The number of hydrogen-bond donors (Lipinski definition) is 0. The maximum Gasteiger partial charge on any atom is 0.416 e. The highest BCUT2D eigenvalue weighted by Gasteiger charge is 2.30. The first-order valence-electron chi connectivity index (χ1n) is 11.5. The number of carbonyl (C=O) groups is 1. The average molecular weight is 478 g/mol. The van der Waals surface area contributed by atoms with E-state index in [1.165, 1.54) is 25.0 Å². The minimum absolute atomic E-state index is 0.0754. The van der Waals surface area contributed by atoms with Crippen LogP contribution in [0.3, 0.4) is 0 Å². The molecule has 0 aliphatic heterocycles. The first-order chi connectivity index (χ1) is 16.3. The molecule has 1 saturated carbocycles. The van der Waals surface area contributed by atoms with Crippen LogP contribution in [0.2, 0.25) is 0 Å². The number of benzene rings is 2. The van der Waals surface area contributed by atoms with Crippen LogP contribution in [0.25, 0.3) is 0 Å². The molecule has 0 saturated heterocycles. The first-order valence-corrected chi connectivity index (χ1v) is 11.5. The Balaban J connectivity index is 1.70. The molecule has 1 aliphatic carbocycles. The summed E-state index contributed by atoms with van der Waals surface area (Å²) in [5.74, 6) is 0.683. The monoisotopic (exact) mass is 477 g/mol. The van der Waals surface area contributed by atoms with E-state index in [0.29, 0.717) is 23.8 Å². The zero-order valence-electron chi connectivity index (χ0n) is 19.5. The van der Waals surface area contributed by atoms with Crippen LogP contribution >= 0.6 is 0 Å². The van der Waals surface area contributed by atoms with Gasteiger partial charge in [0.25, 0.3) is 0 Å². The summed E-state index contributed by atoms with van der Waals surface area (Å²) in [5, 5.41) is 4.37. The number of hydrogen-bond acceptors (Lipinski definition) is 5. The predicted molar refractivity (Wildman–Crippen MR) is 123 cm³/mol. The Morgan fingerprint density at radius 2 is 1.79 bits per heavy atom. The summed E-state index contributed by atoms with van der Waals surface area (Å²) in [6, 6.07) is 10.5. The van der Waals surface area contributed by atoms with Crippen LogP contribution in [-0.4, -0.2) is 24.9 Å². The van der Waals surface area contributed by atoms with Crippen molar-refractivity contribution in [1.29, 1.82) is 0 Å². The fourth-order valence-corrected chi connectivity index (χ4v) is 4.00. The summed E-state index contributed by atoms with van der Waals surface area (Å²) < 4.78 is 48.7. The van der Waals surface area contributed by atoms with E-state index >= 15 is 0 Å². The van der Waals surface area contributed by atoms with E-state index in [0.717, 1.165) is 48.2 Å². The standard InChI is InChI=1S/C26H30F3NO4/c1-3-32-25(31)17-33-24-13-10-21(14-18(24)2)23(15-19-6-4-5-7-19)30-34-16-20-8-11-22(12-9-20)26(27,28)29/h8-14,19H,3-7,15-17H2,1-2H3. The molecule has 1 fully saturated rings. The van der Waals surface area contributed by atoms with Crippen LogP contribution in [0, 0.1) is 12.8 Å². The summed E-state index contributed by atoms with van der Waals surface area (Å²) in [5.41, 5.74) is 2.45. The van der Waals surface area contributed by atoms with Crippen molar-refractivity contribution in [2.24, 2.45) is 11.1 Å². The van der Waals surface area contributed by atoms with Crippen molar-refractivity contribution in [3.63, 3.8) is 0 Å². The smallest absolute Gasteiger partial charge is 0.416 e. The van der Waals surface area contributed by atoms with Crippen molar-refractivity contribution < 1.29 is 32.3 Å². The van der Waals surface area contributed by atoms with Gasteiger partial charge in [-0.15, -0.1) is 0 Å². The molecule has 0 unspecified atom stereocenters. The first kappa shape index (κ1) is 25.6. The van der Waals surface area contributed by atoms with Crippen LogP contribution in [0.1, 0.15) is 61.3 Å². The van der Waals surface area contributed by atoms with Gasteiger partial charge in [-0.25, -0.2) is 4.79 Å². The van der Waals surface area contributed by atoms with E-state index in [4.69, 9.17) is 14.3 Å². The molecule has 3 rings (SSSR count).